The van der Waals surface area contributed by atoms with Crippen LogP contribution in [0.5, 0.6) is 5.75 Å². The number of aliphatic hydroxyl groups is 1. The van der Waals surface area contributed by atoms with Gasteiger partial charge < -0.3 is 20.5 Å². The fourth-order valence-corrected chi connectivity index (χ4v) is 2.44. The van der Waals surface area contributed by atoms with Gasteiger partial charge in [0.15, 0.2) is 0 Å². The van der Waals surface area contributed by atoms with Gasteiger partial charge in [0.1, 0.15) is 24.3 Å². The molecule has 1 aromatic carbocycles. The Morgan fingerprint density at radius 2 is 2.18 bits per heavy atom. The number of hydrogen-bond acceptors (Lipinski definition) is 4. The third kappa shape index (κ3) is 4.68. The number of ether oxygens (including phenoxy) is 1. The minimum atomic E-state index is -0.818. The number of carbonyl (C=O) groups is 1. The average Bonchev–Trinajstić information content (AvgIpc) is 2.52. The van der Waals surface area contributed by atoms with Crippen LogP contribution in [0.15, 0.2) is 24.3 Å². The van der Waals surface area contributed by atoms with E-state index in [4.69, 9.17) is 4.74 Å². The second-order valence-corrected chi connectivity index (χ2v) is 5.84. The molecule has 22 heavy (non-hydrogen) atoms. The predicted octanol–water partition coefficient (Wildman–Crippen LogP) is 1.21. The monoisotopic (exact) mass is 310 g/mol. The normalized spacial score (nSPS) is 22.9. The topological polar surface area (TPSA) is 70.6 Å². The van der Waals surface area contributed by atoms with E-state index in [-0.39, 0.29) is 24.9 Å². The fraction of sp³-hybridized carbons (Fsp3) is 0.562. The summed E-state index contributed by atoms with van der Waals surface area (Å²) in [6.07, 6.45) is 2.08. The Kier molecular flexibility index (Phi) is 5.74. The number of rotatable bonds is 6. The number of halogens is 1. The van der Waals surface area contributed by atoms with E-state index >= 15 is 0 Å². The Hall–Kier alpha value is -1.66. The van der Waals surface area contributed by atoms with Crippen LogP contribution < -0.4 is 15.4 Å². The first-order valence-corrected chi connectivity index (χ1v) is 7.59. The van der Waals surface area contributed by atoms with Crippen LogP contribution in [0.3, 0.4) is 0 Å². The number of benzene rings is 1. The molecule has 1 heterocycles. The third-order valence-corrected chi connectivity index (χ3v) is 3.87. The van der Waals surface area contributed by atoms with Crippen molar-refractivity contribution in [3.8, 4) is 5.75 Å². The van der Waals surface area contributed by atoms with Crippen LogP contribution in [0.1, 0.15) is 26.2 Å². The molecule has 2 rings (SSSR count). The van der Waals surface area contributed by atoms with Crippen molar-refractivity contribution in [2.24, 2.45) is 0 Å². The number of hydrogen-bond donors (Lipinski definition) is 3. The van der Waals surface area contributed by atoms with Crippen LogP contribution in [0.2, 0.25) is 0 Å². The first kappa shape index (κ1) is 16.7. The largest absolute Gasteiger partial charge is 0.491 e. The molecule has 0 radical (unpaired) electrons. The van der Waals surface area contributed by atoms with E-state index in [1.54, 1.807) is 0 Å². The maximum atomic E-state index is 12.7. The Labute approximate surface area is 129 Å². The van der Waals surface area contributed by atoms with E-state index in [1.165, 1.54) is 24.3 Å². The molecule has 1 fully saturated rings. The van der Waals surface area contributed by atoms with Gasteiger partial charge in [-0.15, -0.1) is 0 Å². The number of amides is 1. The summed E-state index contributed by atoms with van der Waals surface area (Å²) in [6.45, 7) is 2.87. The molecule has 0 bridgehead atoms. The number of carbonyl (C=O) groups excluding carboxylic acids is 1. The minimum Gasteiger partial charge on any atom is -0.491 e. The van der Waals surface area contributed by atoms with E-state index in [9.17, 15) is 14.3 Å². The van der Waals surface area contributed by atoms with Crippen LogP contribution in [-0.2, 0) is 4.79 Å². The smallest absolute Gasteiger partial charge is 0.240 e. The lowest BCUT2D eigenvalue weighted by Crippen LogP contribution is -2.57. The molecule has 3 N–H and O–H groups in total. The van der Waals surface area contributed by atoms with Gasteiger partial charge in [-0.25, -0.2) is 4.39 Å². The molecule has 1 aromatic rings. The van der Waals surface area contributed by atoms with Gasteiger partial charge in [0, 0.05) is 6.54 Å². The molecule has 2 atom stereocenters. The van der Waals surface area contributed by atoms with Gasteiger partial charge in [-0.1, -0.05) is 0 Å². The van der Waals surface area contributed by atoms with Crippen LogP contribution in [-0.4, -0.2) is 42.4 Å². The summed E-state index contributed by atoms with van der Waals surface area (Å²) in [5.41, 5.74) is -0.560. The maximum absolute atomic E-state index is 12.7. The van der Waals surface area contributed by atoms with Crippen molar-refractivity contribution in [2.45, 2.75) is 37.8 Å². The highest BCUT2D eigenvalue weighted by atomic mass is 19.1. The zero-order valence-corrected chi connectivity index (χ0v) is 12.8. The highest BCUT2D eigenvalue weighted by molar-refractivity contribution is 5.85. The van der Waals surface area contributed by atoms with E-state index in [1.807, 2.05) is 6.92 Å². The molecule has 5 nitrogen and oxygen atoms in total. The quantitative estimate of drug-likeness (QED) is 0.739. The maximum Gasteiger partial charge on any atom is 0.240 e. The van der Waals surface area contributed by atoms with Gasteiger partial charge in [0.25, 0.3) is 0 Å². The fourth-order valence-electron chi connectivity index (χ4n) is 2.44. The number of nitrogens with one attached hydrogen (secondary N) is 2. The number of piperidine rings is 1. The first-order valence-electron chi connectivity index (χ1n) is 7.59. The molecular formula is C16H23FN2O3. The molecule has 0 aliphatic carbocycles. The van der Waals surface area contributed by atoms with Crippen molar-refractivity contribution < 1.29 is 19.0 Å². The summed E-state index contributed by atoms with van der Waals surface area (Å²) in [4.78, 5) is 12.2. The lowest BCUT2D eigenvalue weighted by Gasteiger charge is -2.33. The van der Waals surface area contributed by atoms with Crippen molar-refractivity contribution in [1.82, 2.24) is 10.6 Å². The second kappa shape index (κ2) is 7.56. The molecule has 1 aliphatic heterocycles. The summed E-state index contributed by atoms with van der Waals surface area (Å²) in [5.74, 6) is 0.0362. The van der Waals surface area contributed by atoms with E-state index < -0.39 is 11.6 Å². The molecule has 1 saturated heterocycles. The third-order valence-electron chi connectivity index (χ3n) is 3.87. The van der Waals surface area contributed by atoms with Gasteiger partial charge in [-0.2, -0.15) is 0 Å². The molecule has 0 saturated carbocycles. The van der Waals surface area contributed by atoms with E-state index in [0.717, 1.165) is 25.8 Å². The average molecular weight is 310 g/mol. The first-order chi connectivity index (χ1) is 10.5. The highest BCUT2D eigenvalue weighted by Gasteiger charge is 2.34. The molecular weight excluding hydrogens is 287 g/mol. The van der Waals surface area contributed by atoms with Gasteiger partial charge in [-0.05, 0) is 57.0 Å². The Morgan fingerprint density at radius 3 is 2.82 bits per heavy atom. The van der Waals surface area contributed by atoms with E-state index in [0.29, 0.717) is 5.75 Å². The van der Waals surface area contributed by atoms with Crippen LogP contribution in [0, 0.1) is 5.82 Å². The van der Waals surface area contributed by atoms with Gasteiger partial charge in [0.2, 0.25) is 5.91 Å². The molecule has 1 aliphatic rings. The van der Waals surface area contributed by atoms with Gasteiger partial charge >= 0.3 is 0 Å². The van der Waals surface area contributed by atoms with Gasteiger partial charge in [0.05, 0.1) is 5.54 Å². The lowest BCUT2D eigenvalue weighted by molar-refractivity contribution is -0.128. The highest BCUT2D eigenvalue weighted by Crippen LogP contribution is 2.18. The minimum absolute atomic E-state index is 0.0378. The Balaban J connectivity index is 1.71. The number of aliphatic hydroxyl groups excluding tert-OH is 1. The summed E-state index contributed by atoms with van der Waals surface area (Å²) in [5, 5.41) is 15.8. The standard InChI is InChI=1S/C16H23FN2O3/c1-16(8-2-3-9-19-16)15(21)18-10-13(20)11-22-14-6-4-12(17)5-7-14/h4-7,13,19-20H,2-3,8-11H2,1H3,(H,18,21). The zero-order chi connectivity index (χ0) is 16.0. The molecule has 0 spiro atoms. The Bertz CT molecular complexity index is 487. The SMILES string of the molecule is CC1(C(=O)NCC(O)COc2ccc(F)cc2)CCCCN1. The van der Waals surface area contributed by atoms with Crippen LogP contribution in [0.4, 0.5) is 4.39 Å². The van der Waals surface area contributed by atoms with Crippen molar-refractivity contribution >= 4 is 5.91 Å². The van der Waals surface area contributed by atoms with Gasteiger partial charge in [-0.3, -0.25) is 4.79 Å². The summed E-state index contributed by atoms with van der Waals surface area (Å²) < 4.78 is 18.1. The molecule has 1 amide bonds. The summed E-state index contributed by atoms with van der Waals surface area (Å²) in [7, 11) is 0. The molecule has 122 valence electrons. The summed E-state index contributed by atoms with van der Waals surface area (Å²) >= 11 is 0. The molecule has 0 aromatic heterocycles. The lowest BCUT2D eigenvalue weighted by atomic mass is 9.90. The van der Waals surface area contributed by atoms with Crippen molar-refractivity contribution in [2.75, 3.05) is 19.7 Å². The van der Waals surface area contributed by atoms with E-state index in [2.05, 4.69) is 10.6 Å². The molecule has 2 unspecified atom stereocenters. The Morgan fingerprint density at radius 1 is 1.45 bits per heavy atom. The zero-order valence-electron chi connectivity index (χ0n) is 12.8. The van der Waals surface area contributed by atoms with Crippen molar-refractivity contribution in [3.63, 3.8) is 0 Å². The van der Waals surface area contributed by atoms with Crippen molar-refractivity contribution in [1.29, 1.82) is 0 Å². The van der Waals surface area contributed by atoms with Crippen molar-refractivity contribution in [3.05, 3.63) is 30.1 Å². The second-order valence-electron chi connectivity index (χ2n) is 5.84. The van der Waals surface area contributed by atoms with Crippen LogP contribution >= 0.6 is 0 Å². The molecule has 6 heteroatoms. The summed E-state index contributed by atoms with van der Waals surface area (Å²) in [6, 6.07) is 5.57. The van der Waals surface area contributed by atoms with Crippen LogP contribution in [0.25, 0.3) is 0 Å². The predicted molar refractivity (Wildman–Crippen MR) is 81.2 cm³/mol.